The van der Waals surface area contributed by atoms with Gasteiger partial charge < -0.3 is 15.4 Å². The predicted molar refractivity (Wildman–Crippen MR) is 76.4 cm³/mol. The zero-order chi connectivity index (χ0) is 13.8. The smallest absolute Gasteiger partial charge is 0.409 e. The molecule has 2 N–H and O–H groups in total. The van der Waals surface area contributed by atoms with Gasteiger partial charge in [-0.25, -0.2) is 4.79 Å². The van der Waals surface area contributed by atoms with E-state index in [-0.39, 0.29) is 0 Å². The molecule has 98 valence electrons. The van der Waals surface area contributed by atoms with Gasteiger partial charge in [0, 0.05) is 25.3 Å². The molecular formula is C15H16N2O2. The molecule has 0 aliphatic heterocycles. The standard InChI is InChI=1S/C15H16N2O2/c1-17(2)14-9-8-12(19-15(16)18)10-13(14)11-6-4-3-5-7-11/h3-10H,1-2H3,(H2,16,18). The number of anilines is 1. The number of primary amides is 1. The van der Waals surface area contributed by atoms with Gasteiger partial charge in [-0.15, -0.1) is 0 Å². The number of carbonyl (C=O) groups excluding carboxylic acids is 1. The Morgan fingerprint density at radius 1 is 1.11 bits per heavy atom. The van der Waals surface area contributed by atoms with Crippen LogP contribution < -0.4 is 15.4 Å². The number of hydrogen-bond donors (Lipinski definition) is 1. The SMILES string of the molecule is CN(C)c1ccc(OC(N)=O)cc1-c1ccccc1. The number of benzene rings is 2. The number of rotatable bonds is 3. The highest BCUT2D eigenvalue weighted by molar-refractivity contribution is 5.80. The fourth-order valence-electron chi connectivity index (χ4n) is 1.93. The van der Waals surface area contributed by atoms with Gasteiger partial charge in [0.05, 0.1) is 0 Å². The first kappa shape index (κ1) is 13.0. The number of hydrogen-bond acceptors (Lipinski definition) is 3. The van der Waals surface area contributed by atoms with Crippen molar-refractivity contribution in [2.75, 3.05) is 19.0 Å². The van der Waals surface area contributed by atoms with Crippen LogP contribution in [0.1, 0.15) is 0 Å². The zero-order valence-electron chi connectivity index (χ0n) is 11.0. The quantitative estimate of drug-likeness (QED) is 0.918. The molecule has 0 saturated heterocycles. The highest BCUT2D eigenvalue weighted by Crippen LogP contribution is 2.33. The highest BCUT2D eigenvalue weighted by atomic mass is 16.5. The summed E-state index contributed by atoms with van der Waals surface area (Å²) in [6, 6.07) is 15.4. The second-order valence-corrected chi connectivity index (χ2v) is 4.36. The van der Waals surface area contributed by atoms with E-state index >= 15 is 0 Å². The maximum atomic E-state index is 10.8. The second-order valence-electron chi connectivity index (χ2n) is 4.36. The summed E-state index contributed by atoms with van der Waals surface area (Å²) in [5.74, 6) is 0.442. The van der Waals surface area contributed by atoms with Crippen molar-refractivity contribution in [2.45, 2.75) is 0 Å². The van der Waals surface area contributed by atoms with Crippen LogP contribution in [0.15, 0.2) is 48.5 Å². The van der Waals surface area contributed by atoms with E-state index in [2.05, 4.69) is 0 Å². The molecule has 0 aliphatic rings. The summed E-state index contributed by atoms with van der Waals surface area (Å²) in [6.45, 7) is 0. The van der Waals surface area contributed by atoms with E-state index in [9.17, 15) is 4.79 Å². The lowest BCUT2D eigenvalue weighted by atomic mass is 10.0. The van der Waals surface area contributed by atoms with Gasteiger partial charge in [0.15, 0.2) is 0 Å². The second kappa shape index (κ2) is 5.44. The first-order valence-electron chi connectivity index (χ1n) is 5.92. The lowest BCUT2D eigenvalue weighted by Gasteiger charge is -2.18. The largest absolute Gasteiger partial charge is 0.410 e. The van der Waals surface area contributed by atoms with Crippen LogP contribution in [0.2, 0.25) is 0 Å². The fourth-order valence-corrected chi connectivity index (χ4v) is 1.93. The van der Waals surface area contributed by atoms with E-state index in [1.54, 1.807) is 6.07 Å². The summed E-state index contributed by atoms with van der Waals surface area (Å²) in [4.78, 5) is 12.8. The van der Waals surface area contributed by atoms with Crippen LogP contribution in [-0.4, -0.2) is 20.2 Å². The molecular weight excluding hydrogens is 240 g/mol. The van der Waals surface area contributed by atoms with Gasteiger partial charge in [-0.2, -0.15) is 0 Å². The van der Waals surface area contributed by atoms with Crippen LogP contribution in [-0.2, 0) is 0 Å². The Morgan fingerprint density at radius 2 is 1.79 bits per heavy atom. The lowest BCUT2D eigenvalue weighted by molar-refractivity contribution is 0.211. The van der Waals surface area contributed by atoms with E-state index < -0.39 is 6.09 Å². The van der Waals surface area contributed by atoms with E-state index in [1.165, 1.54) is 0 Å². The molecule has 0 spiro atoms. The van der Waals surface area contributed by atoms with Crippen LogP contribution in [0.4, 0.5) is 10.5 Å². The molecule has 4 heteroatoms. The van der Waals surface area contributed by atoms with Crippen molar-refractivity contribution in [3.63, 3.8) is 0 Å². The summed E-state index contributed by atoms with van der Waals surface area (Å²) in [5.41, 5.74) is 8.13. The third-order valence-electron chi connectivity index (χ3n) is 2.75. The van der Waals surface area contributed by atoms with Crippen molar-refractivity contribution in [3.8, 4) is 16.9 Å². The minimum absolute atomic E-state index is 0.442. The van der Waals surface area contributed by atoms with E-state index in [0.29, 0.717) is 5.75 Å². The van der Waals surface area contributed by atoms with E-state index in [0.717, 1.165) is 16.8 Å². The van der Waals surface area contributed by atoms with Gasteiger partial charge in [0.1, 0.15) is 5.75 Å². The number of nitrogens with zero attached hydrogens (tertiary/aromatic N) is 1. The van der Waals surface area contributed by atoms with Gasteiger partial charge >= 0.3 is 6.09 Å². The Morgan fingerprint density at radius 3 is 2.37 bits per heavy atom. The Kier molecular flexibility index (Phi) is 3.71. The number of amides is 1. The first-order chi connectivity index (χ1) is 9.08. The molecule has 0 aromatic heterocycles. The molecule has 0 radical (unpaired) electrons. The van der Waals surface area contributed by atoms with Crippen LogP contribution in [0.5, 0.6) is 5.75 Å². The number of carbonyl (C=O) groups is 1. The van der Waals surface area contributed by atoms with Crippen molar-refractivity contribution in [1.82, 2.24) is 0 Å². The summed E-state index contributed by atoms with van der Waals surface area (Å²) in [6.07, 6.45) is -0.809. The summed E-state index contributed by atoms with van der Waals surface area (Å²) < 4.78 is 4.93. The molecule has 2 aromatic carbocycles. The van der Waals surface area contributed by atoms with Crippen molar-refractivity contribution < 1.29 is 9.53 Å². The maximum absolute atomic E-state index is 10.8. The molecule has 0 unspecified atom stereocenters. The van der Waals surface area contributed by atoms with E-state index in [1.807, 2.05) is 61.5 Å². The normalized spacial score (nSPS) is 10.0. The molecule has 4 nitrogen and oxygen atoms in total. The third kappa shape index (κ3) is 3.04. The molecule has 19 heavy (non-hydrogen) atoms. The van der Waals surface area contributed by atoms with Gasteiger partial charge in [0.2, 0.25) is 0 Å². The molecule has 2 rings (SSSR count). The van der Waals surface area contributed by atoms with Crippen LogP contribution in [0, 0.1) is 0 Å². The van der Waals surface area contributed by atoms with Crippen molar-refractivity contribution in [1.29, 1.82) is 0 Å². The summed E-state index contributed by atoms with van der Waals surface area (Å²) >= 11 is 0. The predicted octanol–water partition coefficient (Wildman–Crippen LogP) is 2.88. The molecule has 0 saturated carbocycles. The van der Waals surface area contributed by atoms with E-state index in [4.69, 9.17) is 10.5 Å². The molecule has 0 bridgehead atoms. The third-order valence-corrected chi connectivity index (χ3v) is 2.75. The number of ether oxygens (including phenoxy) is 1. The lowest BCUT2D eigenvalue weighted by Crippen LogP contribution is -2.16. The highest BCUT2D eigenvalue weighted by Gasteiger charge is 2.09. The molecule has 0 aliphatic carbocycles. The average Bonchev–Trinajstić information content (AvgIpc) is 2.38. The molecule has 0 fully saturated rings. The molecule has 2 aromatic rings. The Bertz CT molecular complexity index is 580. The number of nitrogens with two attached hydrogens (primary N) is 1. The van der Waals surface area contributed by atoms with Gasteiger partial charge in [-0.05, 0) is 23.8 Å². The molecule has 0 atom stereocenters. The Hall–Kier alpha value is -2.49. The fraction of sp³-hybridized carbons (Fsp3) is 0.133. The van der Waals surface area contributed by atoms with Crippen molar-refractivity contribution in [2.24, 2.45) is 5.73 Å². The van der Waals surface area contributed by atoms with Gasteiger partial charge in [0.25, 0.3) is 0 Å². The summed E-state index contributed by atoms with van der Waals surface area (Å²) in [7, 11) is 3.94. The topological polar surface area (TPSA) is 55.6 Å². The maximum Gasteiger partial charge on any atom is 0.409 e. The minimum atomic E-state index is -0.809. The zero-order valence-corrected chi connectivity index (χ0v) is 11.0. The Labute approximate surface area is 112 Å². The van der Waals surface area contributed by atoms with Crippen molar-refractivity contribution in [3.05, 3.63) is 48.5 Å². The van der Waals surface area contributed by atoms with Crippen LogP contribution in [0.25, 0.3) is 11.1 Å². The minimum Gasteiger partial charge on any atom is -0.410 e. The molecule has 0 heterocycles. The van der Waals surface area contributed by atoms with Crippen LogP contribution in [0.3, 0.4) is 0 Å². The average molecular weight is 256 g/mol. The molecule has 1 amide bonds. The van der Waals surface area contributed by atoms with Crippen LogP contribution >= 0.6 is 0 Å². The monoisotopic (exact) mass is 256 g/mol. The summed E-state index contributed by atoms with van der Waals surface area (Å²) in [5, 5.41) is 0. The first-order valence-corrected chi connectivity index (χ1v) is 5.92. The van der Waals surface area contributed by atoms with Gasteiger partial charge in [-0.3, -0.25) is 0 Å². The van der Waals surface area contributed by atoms with Gasteiger partial charge in [-0.1, -0.05) is 30.3 Å². The Balaban J connectivity index is 2.51. The van der Waals surface area contributed by atoms with Crippen molar-refractivity contribution >= 4 is 11.8 Å².